The Morgan fingerprint density at radius 2 is 1.28 bits per heavy atom. The molecule has 2 atom stereocenters. The molecule has 7 heteroatoms. The number of benzene rings is 2. The van der Waals surface area contributed by atoms with Crippen LogP contribution in [0.2, 0.25) is 0 Å². The van der Waals surface area contributed by atoms with Crippen molar-refractivity contribution in [2.45, 2.75) is 142 Å². The molecular weight excluding hydrogens is 619 g/mol. The number of hydrogen-bond acceptors (Lipinski definition) is 6. The highest BCUT2D eigenvalue weighted by atomic mass is 16.3. The van der Waals surface area contributed by atoms with Crippen molar-refractivity contribution in [2.24, 2.45) is 9.98 Å². The number of nitrogens with zero attached hydrogens (tertiary/aromatic N) is 5. The van der Waals surface area contributed by atoms with Crippen molar-refractivity contribution in [3.8, 4) is 11.5 Å². The zero-order chi connectivity index (χ0) is 36.4. The molecule has 0 radical (unpaired) electrons. The van der Waals surface area contributed by atoms with E-state index in [-0.39, 0.29) is 28.3 Å². The molecule has 2 fully saturated rings. The van der Waals surface area contributed by atoms with Crippen molar-refractivity contribution >= 4 is 18.4 Å². The average molecular weight is 685 g/mol. The fraction of sp³-hybridized carbons (Fsp3) is 0.651. The van der Waals surface area contributed by atoms with Crippen molar-refractivity contribution < 1.29 is 14.8 Å². The highest BCUT2D eigenvalue weighted by Crippen LogP contribution is 2.38. The lowest BCUT2D eigenvalue weighted by Crippen LogP contribution is -2.57. The molecule has 0 aromatic heterocycles. The van der Waals surface area contributed by atoms with Crippen LogP contribution in [0.4, 0.5) is 0 Å². The quantitative estimate of drug-likeness (QED) is 0.217. The lowest BCUT2D eigenvalue weighted by molar-refractivity contribution is -0.515. The van der Waals surface area contributed by atoms with Crippen LogP contribution in [0.15, 0.2) is 34.3 Å². The first-order valence-corrected chi connectivity index (χ1v) is 19.3. The Morgan fingerprint density at radius 3 is 1.86 bits per heavy atom. The molecule has 5 rings (SSSR count). The summed E-state index contributed by atoms with van der Waals surface area (Å²) in [5, 5.41) is 23.0. The standard InChI is InChI=1S/C43H65N5O2/c1-41(2,3)33-24-30(16-13-20-47-22-15-23-48-21-14-19-46(10)40(47)48)38(49)31(25-33)28-44-36-17-11-12-18-37(36)45-29-32-26-34(42(4,5)6)27-35(39(32)50)43(7,8)9/h24-29,36-37H,11-23H2,1-10H3,(H-,44,45,49,50)/p+1. The van der Waals surface area contributed by atoms with E-state index in [9.17, 15) is 10.2 Å². The van der Waals surface area contributed by atoms with Crippen LogP contribution in [-0.4, -0.2) is 94.8 Å². The summed E-state index contributed by atoms with van der Waals surface area (Å²) >= 11 is 0. The summed E-state index contributed by atoms with van der Waals surface area (Å²) in [5.41, 5.74) is 5.68. The van der Waals surface area contributed by atoms with Gasteiger partial charge in [0.25, 0.3) is 0 Å². The van der Waals surface area contributed by atoms with Crippen LogP contribution < -0.4 is 0 Å². The van der Waals surface area contributed by atoms with E-state index >= 15 is 0 Å². The third-order valence-corrected chi connectivity index (χ3v) is 11.0. The normalized spacial score (nSPS) is 21.1. The molecular formula is C43H66N5O2+. The second-order valence-electron chi connectivity index (χ2n) is 18.3. The van der Waals surface area contributed by atoms with Gasteiger partial charge in [0.2, 0.25) is 0 Å². The van der Waals surface area contributed by atoms with Gasteiger partial charge in [-0.25, -0.2) is 0 Å². The molecule has 2 aliphatic heterocycles. The van der Waals surface area contributed by atoms with Crippen LogP contribution >= 0.6 is 0 Å². The van der Waals surface area contributed by atoms with Gasteiger partial charge in [-0.15, -0.1) is 0 Å². The summed E-state index contributed by atoms with van der Waals surface area (Å²) in [5.74, 6) is 2.07. The van der Waals surface area contributed by atoms with Crippen molar-refractivity contribution in [3.63, 3.8) is 0 Å². The molecule has 0 amide bonds. The van der Waals surface area contributed by atoms with Crippen LogP contribution in [0, 0.1) is 0 Å². The van der Waals surface area contributed by atoms with Gasteiger partial charge in [0, 0.05) is 42.0 Å². The molecule has 2 aromatic rings. The molecule has 1 aliphatic carbocycles. The van der Waals surface area contributed by atoms with Gasteiger partial charge < -0.3 is 10.2 Å². The highest BCUT2D eigenvalue weighted by Gasteiger charge is 2.34. The second-order valence-corrected chi connectivity index (χ2v) is 18.3. The zero-order valence-electron chi connectivity index (χ0n) is 32.9. The van der Waals surface area contributed by atoms with E-state index in [0.29, 0.717) is 11.5 Å². The number of aryl methyl sites for hydroxylation is 1. The van der Waals surface area contributed by atoms with Gasteiger partial charge in [-0.3, -0.25) is 24.4 Å². The Morgan fingerprint density at radius 1 is 0.720 bits per heavy atom. The van der Waals surface area contributed by atoms with E-state index in [4.69, 9.17) is 9.98 Å². The Kier molecular flexibility index (Phi) is 11.4. The van der Waals surface area contributed by atoms with E-state index in [2.05, 4.69) is 108 Å². The molecule has 0 spiro atoms. The summed E-state index contributed by atoms with van der Waals surface area (Å²) in [6.45, 7) is 25.3. The minimum absolute atomic E-state index is 0.0303. The van der Waals surface area contributed by atoms with E-state index in [1.165, 1.54) is 29.9 Å². The Balaban J connectivity index is 1.37. The summed E-state index contributed by atoms with van der Waals surface area (Å²) in [4.78, 5) is 15.3. The van der Waals surface area contributed by atoms with Gasteiger partial charge >= 0.3 is 5.96 Å². The summed E-state index contributed by atoms with van der Waals surface area (Å²) in [7, 11) is 2.23. The van der Waals surface area contributed by atoms with Crippen molar-refractivity contribution in [3.05, 3.63) is 57.6 Å². The molecule has 1 saturated heterocycles. The number of aliphatic imine (C=N–C) groups is 2. The number of guanidine groups is 1. The average Bonchev–Trinajstić information content (AvgIpc) is 3.03. The molecule has 0 bridgehead atoms. The largest absolute Gasteiger partial charge is 0.507 e. The van der Waals surface area contributed by atoms with Crippen molar-refractivity contribution in [2.75, 3.05) is 39.8 Å². The van der Waals surface area contributed by atoms with Crippen LogP contribution in [-0.2, 0) is 22.7 Å². The number of aromatic hydroxyl groups is 2. The zero-order valence-corrected chi connectivity index (χ0v) is 32.9. The van der Waals surface area contributed by atoms with E-state index in [0.717, 1.165) is 93.5 Å². The molecule has 2 aromatic carbocycles. The third-order valence-electron chi connectivity index (χ3n) is 11.0. The monoisotopic (exact) mass is 685 g/mol. The van der Waals surface area contributed by atoms with E-state index in [1.807, 2.05) is 12.4 Å². The first kappa shape index (κ1) is 37.9. The van der Waals surface area contributed by atoms with Gasteiger partial charge in [0.15, 0.2) is 0 Å². The predicted octanol–water partition coefficient (Wildman–Crippen LogP) is 8.18. The lowest BCUT2D eigenvalue weighted by Gasteiger charge is -2.36. The molecule has 2 N–H and O–H groups in total. The molecule has 3 aliphatic rings. The number of hydrogen-bond donors (Lipinski definition) is 2. The van der Waals surface area contributed by atoms with E-state index in [1.54, 1.807) is 0 Å². The predicted molar refractivity (Wildman–Crippen MR) is 210 cm³/mol. The van der Waals surface area contributed by atoms with Crippen molar-refractivity contribution in [1.82, 2.24) is 9.80 Å². The maximum absolute atomic E-state index is 11.6. The maximum Gasteiger partial charge on any atom is 0.350 e. The second kappa shape index (κ2) is 15.1. The Hall–Kier alpha value is -3.35. The van der Waals surface area contributed by atoms with Gasteiger partial charge in [-0.2, -0.15) is 0 Å². The van der Waals surface area contributed by atoms with Gasteiger partial charge in [-0.05, 0) is 70.8 Å². The molecule has 2 unspecified atom stereocenters. The SMILES string of the molecule is C[N+]1=C2N(CCCc3cc(C(C)(C)C)cc(C=NC4CCCCC4N=Cc4cc(C(C)(C)C)cc(C(C)(C)C)c4O)c3O)CCCN2CCC1. The van der Waals surface area contributed by atoms with Gasteiger partial charge in [0.05, 0.1) is 51.9 Å². The lowest BCUT2D eigenvalue weighted by atomic mass is 9.79. The first-order chi connectivity index (χ1) is 23.4. The summed E-state index contributed by atoms with van der Waals surface area (Å²) in [6, 6.07) is 8.66. The molecule has 2 heterocycles. The summed E-state index contributed by atoms with van der Waals surface area (Å²) in [6.07, 6.45) is 12.2. The van der Waals surface area contributed by atoms with Crippen LogP contribution in [0.25, 0.3) is 0 Å². The first-order valence-electron chi connectivity index (χ1n) is 19.3. The Labute approximate surface area is 303 Å². The smallest absolute Gasteiger partial charge is 0.350 e. The number of phenols is 2. The third kappa shape index (κ3) is 8.92. The number of rotatable bonds is 8. The Bertz CT molecular complexity index is 1600. The minimum Gasteiger partial charge on any atom is -0.507 e. The number of fused-ring (bicyclic) bond motifs is 1. The molecule has 274 valence electrons. The van der Waals surface area contributed by atoms with Gasteiger partial charge in [0.1, 0.15) is 11.5 Å². The minimum atomic E-state index is -0.187. The fourth-order valence-corrected chi connectivity index (χ4v) is 7.81. The van der Waals surface area contributed by atoms with Gasteiger partial charge in [-0.1, -0.05) is 87.3 Å². The molecule has 1 saturated carbocycles. The molecule has 7 nitrogen and oxygen atoms in total. The van der Waals surface area contributed by atoms with Crippen LogP contribution in [0.3, 0.4) is 0 Å². The van der Waals surface area contributed by atoms with E-state index < -0.39 is 0 Å². The topological polar surface area (TPSA) is 74.7 Å². The maximum atomic E-state index is 11.6. The highest BCUT2D eigenvalue weighted by molar-refractivity contribution is 5.86. The molecule has 50 heavy (non-hydrogen) atoms. The van der Waals surface area contributed by atoms with Crippen LogP contribution in [0.5, 0.6) is 11.5 Å². The van der Waals surface area contributed by atoms with Crippen LogP contribution in [0.1, 0.15) is 141 Å². The fourth-order valence-electron chi connectivity index (χ4n) is 7.81. The van der Waals surface area contributed by atoms with Crippen molar-refractivity contribution in [1.29, 1.82) is 0 Å². The summed E-state index contributed by atoms with van der Waals surface area (Å²) < 4.78 is 2.42. The number of phenolic OH excluding ortho intramolecular Hbond substituents is 2.